The number of nitrogens with one attached hydrogen (secondary N) is 1. The van der Waals surface area contributed by atoms with Gasteiger partial charge in [0.1, 0.15) is 0 Å². The average Bonchev–Trinajstić information content (AvgIpc) is 2.77. The predicted molar refractivity (Wildman–Crippen MR) is 79.0 cm³/mol. The van der Waals surface area contributed by atoms with Crippen LogP contribution >= 0.6 is 0 Å². The molecule has 1 aliphatic carbocycles. The molecule has 2 atom stereocenters. The van der Waals surface area contributed by atoms with Gasteiger partial charge >= 0.3 is 0 Å². The van der Waals surface area contributed by atoms with Gasteiger partial charge in [0.05, 0.1) is 0 Å². The standard InChI is InChI=1S/C16H24N2O/c1-12-8-9-15(10-12)17-16-7-5-4-6-14(16)11-18(3)13(2)19/h4-7,12,15,17H,8-11H2,1-3H3. The van der Waals surface area contributed by atoms with E-state index in [1.54, 1.807) is 11.8 Å². The van der Waals surface area contributed by atoms with Gasteiger partial charge < -0.3 is 10.2 Å². The number of hydrogen-bond acceptors (Lipinski definition) is 2. The first-order chi connectivity index (χ1) is 9.06. The van der Waals surface area contributed by atoms with Crippen LogP contribution in [-0.2, 0) is 11.3 Å². The van der Waals surface area contributed by atoms with Crippen molar-refractivity contribution in [3.63, 3.8) is 0 Å². The van der Waals surface area contributed by atoms with Crippen LogP contribution in [0.2, 0.25) is 0 Å². The topological polar surface area (TPSA) is 32.3 Å². The van der Waals surface area contributed by atoms with E-state index in [2.05, 4.69) is 30.4 Å². The largest absolute Gasteiger partial charge is 0.382 e. The molecule has 19 heavy (non-hydrogen) atoms. The Kier molecular flexibility index (Phi) is 4.46. The number of carbonyl (C=O) groups excluding carboxylic acids is 1. The Morgan fingerprint density at radius 3 is 2.74 bits per heavy atom. The lowest BCUT2D eigenvalue weighted by Crippen LogP contribution is -2.24. The highest BCUT2D eigenvalue weighted by atomic mass is 16.2. The maximum absolute atomic E-state index is 11.4. The first-order valence-corrected chi connectivity index (χ1v) is 7.12. The minimum absolute atomic E-state index is 0.101. The summed E-state index contributed by atoms with van der Waals surface area (Å²) in [5.74, 6) is 0.925. The van der Waals surface area contributed by atoms with Gasteiger partial charge in [0.15, 0.2) is 0 Å². The minimum Gasteiger partial charge on any atom is -0.382 e. The molecular formula is C16H24N2O. The van der Waals surface area contributed by atoms with Gasteiger partial charge in [-0.15, -0.1) is 0 Å². The molecule has 3 nitrogen and oxygen atoms in total. The molecule has 0 radical (unpaired) electrons. The van der Waals surface area contributed by atoms with Crippen LogP contribution in [0.15, 0.2) is 24.3 Å². The van der Waals surface area contributed by atoms with Crippen molar-refractivity contribution in [3.8, 4) is 0 Å². The summed E-state index contributed by atoms with van der Waals surface area (Å²) < 4.78 is 0. The van der Waals surface area contributed by atoms with E-state index in [4.69, 9.17) is 0 Å². The van der Waals surface area contributed by atoms with Crippen molar-refractivity contribution in [2.24, 2.45) is 5.92 Å². The molecule has 1 aromatic carbocycles. The van der Waals surface area contributed by atoms with Gasteiger partial charge in [0, 0.05) is 32.2 Å². The molecule has 1 saturated carbocycles. The number of para-hydroxylation sites is 1. The summed E-state index contributed by atoms with van der Waals surface area (Å²) in [6, 6.07) is 8.88. The van der Waals surface area contributed by atoms with E-state index in [9.17, 15) is 4.79 Å². The Morgan fingerprint density at radius 2 is 2.11 bits per heavy atom. The molecule has 104 valence electrons. The maximum atomic E-state index is 11.4. The van der Waals surface area contributed by atoms with E-state index in [1.807, 2.05) is 13.1 Å². The molecule has 1 amide bonds. The van der Waals surface area contributed by atoms with Crippen LogP contribution < -0.4 is 5.32 Å². The van der Waals surface area contributed by atoms with E-state index in [-0.39, 0.29) is 5.91 Å². The van der Waals surface area contributed by atoms with Crippen molar-refractivity contribution in [2.45, 2.75) is 45.7 Å². The summed E-state index contributed by atoms with van der Waals surface area (Å²) >= 11 is 0. The van der Waals surface area contributed by atoms with Gasteiger partial charge in [-0.05, 0) is 36.8 Å². The van der Waals surface area contributed by atoms with Crippen LogP contribution in [0.5, 0.6) is 0 Å². The molecule has 3 heteroatoms. The fraction of sp³-hybridized carbons (Fsp3) is 0.562. The van der Waals surface area contributed by atoms with Gasteiger partial charge in [-0.1, -0.05) is 25.1 Å². The highest BCUT2D eigenvalue weighted by Gasteiger charge is 2.21. The lowest BCUT2D eigenvalue weighted by molar-refractivity contribution is -0.128. The van der Waals surface area contributed by atoms with Crippen LogP contribution in [0.25, 0.3) is 0 Å². The molecule has 1 aliphatic rings. The first-order valence-electron chi connectivity index (χ1n) is 7.12. The smallest absolute Gasteiger partial charge is 0.219 e. The molecule has 0 bridgehead atoms. The van der Waals surface area contributed by atoms with Gasteiger partial charge in [-0.25, -0.2) is 0 Å². The summed E-state index contributed by atoms with van der Waals surface area (Å²) in [6.45, 7) is 4.59. The summed E-state index contributed by atoms with van der Waals surface area (Å²) in [4.78, 5) is 13.1. The molecule has 2 rings (SSSR count). The van der Waals surface area contributed by atoms with Gasteiger partial charge in [-0.2, -0.15) is 0 Å². The van der Waals surface area contributed by atoms with E-state index < -0.39 is 0 Å². The molecule has 1 fully saturated rings. The fourth-order valence-electron chi connectivity index (χ4n) is 2.72. The zero-order chi connectivity index (χ0) is 13.8. The van der Waals surface area contributed by atoms with Crippen molar-refractivity contribution < 1.29 is 4.79 Å². The second kappa shape index (κ2) is 6.09. The third-order valence-electron chi connectivity index (χ3n) is 4.02. The number of hydrogen-bond donors (Lipinski definition) is 1. The highest BCUT2D eigenvalue weighted by Crippen LogP contribution is 2.28. The lowest BCUT2D eigenvalue weighted by atomic mass is 10.1. The first kappa shape index (κ1) is 13.9. The normalized spacial score (nSPS) is 22.3. The second-order valence-electron chi connectivity index (χ2n) is 5.79. The Morgan fingerprint density at radius 1 is 1.37 bits per heavy atom. The van der Waals surface area contributed by atoms with Crippen LogP contribution in [-0.4, -0.2) is 23.9 Å². The third-order valence-corrected chi connectivity index (χ3v) is 4.02. The number of amides is 1. The van der Waals surface area contributed by atoms with Crippen LogP contribution in [0.3, 0.4) is 0 Å². The fourth-order valence-corrected chi connectivity index (χ4v) is 2.72. The number of benzene rings is 1. The Bertz CT molecular complexity index is 444. The van der Waals surface area contributed by atoms with Crippen molar-refractivity contribution in [1.29, 1.82) is 0 Å². The minimum atomic E-state index is 0.101. The zero-order valence-corrected chi connectivity index (χ0v) is 12.1. The highest BCUT2D eigenvalue weighted by molar-refractivity contribution is 5.73. The molecule has 0 aromatic heterocycles. The van der Waals surface area contributed by atoms with Crippen molar-refractivity contribution in [3.05, 3.63) is 29.8 Å². The number of anilines is 1. The number of carbonyl (C=O) groups is 1. The monoisotopic (exact) mass is 260 g/mol. The molecule has 0 spiro atoms. The van der Waals surface area contributed by atoms with Crippen LogP contribution in [0.4, 0.5) is 5.69 Å². The second-order valence-corrected chi connectivity index (χ2v) is 5.79. The SMILES string of the molecule is CC(=O)N(C)Cc1ccccc1NC1CCC(C)C1. The quantitative estimate of drug-likeness (QED) is 0.901. The van der Waals surface area contributed by atoms with E-state index in [0.717, 1.165) is 5.92 Å². The van der Waals surface area contributed by atoms with E-state index in [1.165, 1.54) is 30.5 Å². The summed E-state index contributed by atoms with van der Waals surface area (Å²) in [5.41, 5.74) is 2.37. The van der Waals surface area contributed by atoms with Crippen molar-refractivity contribution >= 4 is 11.6 Å². The molecule has 0 aliphatic heterocycles. The molecule has 0 saturated heterocycles. The lowest BCUT2D eigenvalue weighted by Gasteiger charge is -2.21. The molecule has 1 aromatic rings. The molecule has 1 N–H and O–H groups in total. The van der Waals surface area contributed by atoms with Gasteiger partial charge in [0.25, 0.3) is 0 Å². The zero-order valence-electron chi connectivity index (χ0n) is 12.1. The average molecular weight is 260 g/mol. The maximum Gasteiger partial charge on any atom is 0.219 e. The Balaban J connectivity index is 2.05. The summed E-state index contributed by atoms with van der Waals surface area (Å²) in [7, 11) is 1.84. The van der Waals surface area contributed by atoms with E-state index in [0.29, 0.717) is 12.6 Å². The Labute approximate surface area is 116 Å². The molecule has 2 unspecified atom stereocenters. The third kappa shape index (κ3) is 3.72. The van der Waals surface area contributed by atoms with Crippen LogP contribution in [0.1, 0.15) is 38.7 Å². The van der Waals surface area contributed by atoms with Crippen LogP contribution in [0, 0.1) is 5.92 Å². The summed E-state index contributed by atoms with van der Waals surface area (Å²) in [5, 5.41) is 3.65. The molecule has 0 heterocycles. The van der Waals surface area contributed by atoms with Gasteiger partial charge in [-0.3, -0.25) is 4.79 Å². The summed E-state index contributed by atoms with van der Waals surface area (Å²) in [6.07, 6.45) is 3.81. The number of nitrogens with zero attached hydrogens (tertiary/aromatic N) is 1. The predicted octanol–water partition coefficient (Wildman–Crippen LogP) is 3.27. The number of rotatable bonds is 4. The van der Waals surface area contributed by atoms with Gasteiger partial charge in [0.2, 0.25) is 5.91 Å². The molecular weight excluding hydrogens is 236 g/mol. The Hall–Kier alpha value is -1.51. The van der Waals surface area contributed by atoms with Crippen molar-refractivity contribution in [1.82, 2.24) is 4.90 Å². The van der Waals surface area contributed by atoms with E-state index >= 15 is 0 Å². The van der Waals surface area contributed by atoms with Crippen molar-refractivity contribution in [2.75, 3.05) is 12.4 Å².